The lowest BCUT2D eigenvalue weighted by Gasteiger charge is -2.33. The number of H-pyrrole nitrogens is 1. The first-order chi connectivity index (χ1) is 21.5. The predicted molar refractivity (Wildman–Crippen MR) is 165 cm³/mol. The smallest absolute Gasteiger partial charge is 0.257 e. The second-order valence-corrected chi connectivity index (χ2v) is 12.2. The highest BCUT2D eigenvalue weighted by Gasteiger charge is 2.39. The normalized spacial score (nSPS) is 19.5. The number of aromatic amines is 1. The van der Waals surface area contributed by atoms with Crippen molar-refractivity contribution in [1.29, 1.82) is 0 Å². The Morgan fingerprint density at radius 1 is 0.977 bits per heavy atom. The van der Waals surface area contributed by atoms with Gasteiger partial charge in [0.1, 0.15) is 5.82 Å². The van der Waals surface area contributed by atoms with Gasteiger partial charge in [-0.25, -0.2) is 14.2 Å². The van der Waals surface area contributed by atoms with Crippen LogP contribution in [-0.2, 0) is 12.0 Å². The lowest BCUT2D eigenvalue weighted by Crippen LogP contribution is -2.35. The summed E-state index contributed by atoms with van der Waals surface area (Å²) in [5, 5.41) is 18.8. The molecule has 2 aromatic heterocycles. The predicted octanol–water partition coefficient (Wildman–Crippen LogP) is 5.37. The van der Waals surface area contributed by atoms with Gasteiger partial charge in [-0.3, -0.25) is 9.69 Å². The van der Waals surface area contributed by atoms with Crippen LogP contribution in [0.1, 0.15) is 59.3 Å². The van der Waals surface area contributed by atoms with E-state index in [1.54, 1.807) is 18.3 Å². The van der Waals surface area contributed by atoms with Crippen molar-refractivity contribution >= 4 is 5.91 Å². The maximum absolute atomic E-state index is 14.1. The molecule has 0 bridgehead atoms. The molecule has 44 heavy (non-hydrogen) atoms. The van der Waals surface area contributed by atoms with Gasteiger partial charge in [0.05, 0.1) is 23.1 Å². The van der Waals surface area contributed by atoms with Crippen molar-refractivity contribution in [2.24, 2.45) is 0 Å². The topological polar surface area (TPSA) is 95.8 Å². The number of benzene rings is 3. The highest BCUT2D eigenvalue weighted by molar-refractivity contribution is 5.96. The number of piperidine rings is 1. The number of hydrogen-bond acceptors (Lipinski definition) is 6. The molecular formula is C34H35FN8O. The molecule has 9 nitrogen and oxygen atoms in total. The van der Waals surface area contributed by atoms with Gasteiger partial charge in [0, 0.05) is 36.5 Å². The summed E-state index contributed by atoms with van der Waals surface area (Å²) < 4.78 is 15.7. The minimum absolute atomic E-state index is 0.0255. The fourth-order valence-electron chi connectivity index (χ4n) is 6.76. The number of carbonyl (C=O) groups is 1. The minimum Gasteiger partial charge on any atom is -0.338 e. The zero-order valence-electron chi connectivity index (χ0n) is 24.7. The molecule has 3 aromatic carbocycles. The molecule has 5 aromatic rings. The first kappa shape index (κ1) is 28.1. The summed E-state index contributed by atoms with van der Waals surface area (Å²) in [5.74, 6) is 0.536. The summed E-state index contributed by atoms with van der Waals surface area (Å²) in [6, 6.07) is 25.1. The van der Waals surface area contributed by atoms with Crippen LogP contribution in [0.4, 0.5) is 4.39 Å². The van der Waals surface area contributed by atoms with E-state index in [0.717, 1.165) is 55.8 Å². The van der Waals surface area contributed by atoms with Gasteiger partial charge in [0.25, 0.3) is 5.91 Å². The van der Waals surface area contributed by atoms with Gasteiger partial charge in [-0.15, -0.1) is 5.10 Å². The van der Waals surface area contributed by atoms with Crippen LogP contribution in [0.3, 0.4) is 0 Å². The molecule has 1 amide bonds. The van der Waals surface area contributed by atoms with E-state index in [1.165, 1.54) is 23.3 Å². The molecule has 2 aliphatic rings. The highest BCUT2D eigenvalue weighted by Crippen LogP contribution is 2.37. The molecule has 1 N–H and O–H groups in total. The maximum Gasteiger partial charge on any atom is 0.257 e. The Balaban J connectivity index is 1.10. The molecule has 0 spiro atoms. The second-order valence-electron chi connectivity index (χ2n) is 12.2. The molecule has 4 heterocycles. The Bertz CT molecular complexity index is 1710. The van der Waals surface area contributed by atoms with Gasteiger partial charge in [0.2, 0.25) is 0 Å². The van der Waals surface area contributed by atoms with Gasteiger partial charge in [-0.05, 0) is 78.2 Å². The summed E-state index contributed by atoms with van der Waals surface area (Å²) >= 11 is 0. The molecule has 10 heteroatoms. The molecule has 2 fully saturated rings. The summed E-state index contributed by atoms with van der Waals surface area (Å²) in [6.45, 7) is 6.26. The number of halogens is 1. The molecule has 2 aliphatic heterocycles. The molecule has 0 radical (unpaired) electrons. The number of aromatic nitrogens is 6. The summed E-state index contributed by atoms with van der Waals surface area (Å²) in [5.41, 5.74) is 5.70. The van der Waals surface area contributed by atoms with Crippen molar-refractivity contribution in [3.05, 3.63) is 113 Å². The summed E-state index contributed by atoms with van der Waals surface area (Å²) in [7, 11) is 0. The van der Waals surface area contributed by atoms with E-state index in [1.807, 2.05) is 27.8 Å². The van der Waals surface area contributed by atoms with Gasteiger partial charge >= 0.3 is 0 Å². The van der Waals surface area contributed by atoms with Gasteiger partial charge in [-0.1, -0.05) is 61.5 Å². The Morgan fingerprint density at radius 3 is 2.43 bits per heavy atom. The lowest BCUT2D eigenvalue weighted by atomic mass is 9.82. The first-order valence-electron chi connectivity index (χ1n) is 15.2. The van der Waals surface area contributed by atoms with E-state index in [0.29, 0.717) is 24.5 Å². The molecule has 2 saturated heterocycles. The van der Waals surface area contributed by atoms with Crippen molar-refractivity contribution in [1.82, 2.24) is 40.2 Å². The van der Waals surface area contributed by atoms with Gasteiger partial charge in [-0.2, -0.15) is 5.10 Å². The number of likely N-dealkylation sites (tertiary alicyclic amines) is 2. The van der Waals surface area contributed by atoms with Crippen LogP contribution in [-0.4, -0.2) is 72.3 Å². The van der Waals surface area contributed by atoms with Crippen LogP contribution < -0.4 is 0 Å². The van der Waals surface area contributed by atoms with E-state index < -0.39 is 0 Å². The highest BCUT2D eigenvalue weighted by atomic mass is 19.1. The Morgan fingerprint density at radius 2 is 1.73 bits per heavy atom. The van der Waals surface area contributed by atoms with Crippen LogP contribution >= 0.6 is 0 Å². The zero-order chi connectivity index (χ0) is 30.1. The molecular weight excluding hydrogens is 555 g/mol. The third-order valence-corrected chi connectivity index (χ3v) is 9.29. The Hall–Kier alpha value is -4.70. The van der Waals surface area contributed by atoms with Crippen molar-refractivity contribution in [3.63, 3.8) is 0 Å². The molecule has 1 unspecified atom stereocenters. The Kier molecular flexibility index (Phi) is 7.51. The van der Waals surface area contributed by atoms with Crippen LogP contribution in [0.25, 0.3) is 17.1 Å². The number of hydrogen-bond donors (Lipinski definition) is 1. The summed E-state index contributed by atoms with van der Waals surface area (Å²) in [6.07, 6.45) is 4.43. The fourth-order valence-corrected chi connectivity index (χ4v) is 6.76. The van der Waals surface area contributed by atoms with E-state index in [9.17, 15) is 9.18 Å². The van der Waals surface area contributed by atoms with Gasteiger partial charge in [0.15, 0.2) is 5.82 Å². The number of carbonyl (C=O) groups excluding carboxylic acids is 1. The monoisotopic (exact) mass is 590 g/mol. The molecule has 1 atom stereocenters. The number of nitrogens with zero attached hydrogens (tertiary/aromatic N) is 7. The van der Waals surface area contributed by atoms with Crippen LogP contribution in [0.5, 0.6) is 0 Å². The van der Waals surface area contributed by atoms with Crippen molar-refractivity contribution in [3.8, 4) is 17.1 Å². The first-order valence-corrected chi connectivity index (χ1v) is 15.2. The third-order valence-electron chi connectivity index (χ3n) is 9.29. The average molecular weight is 591 g/mol. The molecule has 0 aliphatic carbocycles. The number of rotatable bonds is 7. The lowest BCUT2D eigenvalue weighted by molar-refractivity contribution is 0.0782. The van der Waals surface area contributed by atoms with Crippen molar-refractivity contribution < 1.29 is 9.18 Å². The quantitative estimate of drug-likeness (QED) is 0.274. The van der Waals surface area contributed by atoms with E-state index in [2.05, 4.69) is 68.8 Å². The van der Waals surface area contributed by atoms with Crippen LogP contribution in [0, 0.1) is 5.82 Å². The van der Waals surface area contributed by atoms with E-state index in [-0.39, 0.29) is 23.1 Å². The minimum atomic E-state index is -0.296. The van der Waals surface area contributed by atoms with E-state index in [4.69, 9.17) is 5.10 Å². The standard InChI is InChI=1S/C34H35FN8O/c1-34(27-5-3-2-4-6-27)17-20-42(23-34)33(44)30-21-36-43(29-13-11-28(35)12-14-29)31(30)25-15-18-41(19-16-25)22-24-7-9-26(10-8-24)32-37-39-40-38-32/h2-14,21,25H,15-20,22-23H2,1H3,(H,37,38,39,40). The maximum atomic E-state index is 14.1. The molecule has 7 rings (SSSR count). The number of nitrogens with one attached hydrogen (secondary N) is 1. The molecule has 0 saturated carbocycles. The third kappa shape index (κ3) is 5.53. The van der Waals surface area contributed by atoms with Gasteiger partial charge < -0.3 is 4.90 Å². The fraction of sp³-hybridized carbons (Fsp3) is 0.324. The summed E-state index contributed by atoms with van der Waals surface area (Å²) in [4.78, 5) is 18.6. The number of tetrazole rings is 1. The number of amides is 1. The van der Waals surface area contributed by atoms with Crippen LogP contribution in [0.2, 0.25) is 0 Å². The van der Waals surface area contributed by atoms with Crippen molar-refractivity contribution in [2.45, 2.75) is 44.1 Å². The second kappa shape index (κ2) is 11.8. The van der Waals surface area contributed by atoms with Crippen LogP contribution in [0.15, 0.2) is 85.1 Å². The molecule has 224 valence electrons. The Labute approximate surface area is 255 Å². The zero-order valence-corrected chi connectivity index (χ0v) is 24.7. The van der Waals surface area contributed by atoms with Crippen molar-refractivity contribution in [2.75, 3.05) is 26.2 Å². The van der Waals surface area contributed by atoms with E-state index >= 15 is 0 Å². The average Bonchev–Trinajstić information content (AvgIpc) is 3.84. The largest absolute Gasteiger partial charge is 0.338 e. The SMILES string of the molecule is CC1(c2ccccc2)CCN(C(=O)c2cnn(-c3ccc(F)cc3)c2C2CCN(Cc3ccc(-c4nnn[nH]4)cc3)CC2)C1.